The fourth-order valence-electron chi connectivity index (χ4n) is 1.87. The number of hydrogen-bond acceptors (Lipinski definition) is 4. The minimum absolute atomic E-state index is 0.0235. The Bertz CT molecular complexity index is 623. The van der Waals surface area contributed by atoms with Gasteiger partial charge in [0, 0.05) is 6.42 Å². The van der Waals surface area contributed by atoms with Crippen molar-refractivity contribution in [3.8, 4) is 11.5 Å². The molecule has 0 saturated carbocycles. The van der Waals surface area contributed by atoms with Crippen LogP contribution in [-0.2, 0) is 9.22 Å². The molecule has 1 N–H and O–H groups in total. The fraction of sp³-hybridized carbons (Fsp3) is 0.588. The number of rotatable bonds is 7. The summed E-state index contributed by atoms with van der Waals surface area (Å²) in [6.07, 6.45) is -4.78. The molecule has 1 atom stereocenters. The molecule has 1 unspecified atom stereocenters. The van der Waals surface area contributed by atoms with Gasteiger partial charge in [-0.1, -0.05) is 27.7 Å². The van der Waals surface area contributed by atoms with Crippen LogP contribution in [0.3, 0.4) is 0 Å². The Kier molecular flexibility index (Phi) is 6.41. The largest absolute Gasteiger partial charge is 0.573 e. The lowest BCUT2D eigenvalue weighted by Crippen LogP contribution is -2.56. The van der Waals surface area contributed by atoms with Crippen LogP contribution in [0.15, 0.2) is 24.3 Å². The molecule has 0 aromatic heterocycles. The molecular formula is C17H25F3O5Si. The van der Waals surface area contributed by atoms with E-state index in [1.54, 1.807) is 6.92 Å². The molecule has 0 fully saturated rings. The summed E-state index contributed by atoms with van der Waals surface area (Å²) in [5.41, 5.74) is 0. The van der Waals surface area contributed by atoms with Crippen LogP contribution in [0.1, 0.15) is 34.1 Å². The zero-order valence-electron chi connectivity index (χ0n) is 15.7. The number of carbonyl (C=O) groups is 1. The van der Waals surface area contributed by atoms with Gasteiger partial charge in [-0.15, -0.1) is 13.2 Å². The summed E-state index contributed by atoms with van der Waals surface area (Å²) < 4.78 is 52.1. The van der Waals surface area contributed by atoms with Crippen LogP contribution in [0.4, 0.5) is 13.2 Å². The van der Waals surface area contributed by atoms with Crippen LogP contribution in [0, 0.1) is 0 Å². The number of carboxylic acids is 1. The monoisotopic (exact) mass is 394 g/mol. The van der Waals surface area contributed by atoms with E-state index in [0.29, 0.717) is 0 Å². The van der Waals surface area contributed by atoms with Crippen molar-refractivity contribution in [3.63, 3.8) is 0 Å². The fourth-order valence-corrected chi connectivity index (χ4v) is 3.27. The van der Waals surface area contributed by atoms with E-state index in [9.17, 15) is 23.1 Å². The maximum Gasteiger partial charge on any atom is 0.573 e. The van der Waals surface area contributed by atoms with Crippen molar-refractivity contribution in [2.24, 2.45) is 0 Å². The summed E-state index contributed by atoms with van der Waals surface area (Å²) in [4.78, 5) is 11.9. The number of halogens is 3. The Hall–Kier alpha value is -1.74. The molecular weight excluding hydrogens is 369 g/mol. The first-order valence-corrected chi connectivity index (χ1v) is 11.0. The van der Waals surface area contributed by atoms with Gasteiger partial charge in [0.1, 0.15) is 11.5 Å². The highest BCUT2D eigenvalue weighted by molar-refractivity contribution is 6.74. The van der Waals surface area contributed by atoms with E-state index in [1.807, 2.05) is 33.9 Å². The number of aliphatic carboxylic acids is 1. The first-order chi connectivity index (χ1) is 11.6. The predicted molar refractivity (Wildman–Crippen MR) is 92.7 cm³/mol. The van der Waals surface area contributed by atoms with Gasteiger partial charge < -0.3 is 19.0 Å². The molecule has 148 valence electrons. The van der Waals surface area contributed by atoms with Crippen molar-refractivity contribution < 1.29 is 37.0 Å². The van der Waals surface area contributed by atoms with E-state index in [2.05, 4.69) is 4.74 Å². The summed E-state index contributed by atoms with van der Waals surface area (Å²) in [7, 11) is -2.50. The molecule has 0 saturated heterocycles. The third kappa shape index (κ3) is 5.63. The summed E-state index contributed by atoms with van der Waals surface area (Å²) >= 11 is 0. The maximum absolute atomic E-state index is 12.2. The Morgan fingerprint density at radius 1 is 1.04 bits per heavy atom. The van der Waals surface area contributed by atoms with Gasteiger partial charge in [-0.3, -0.25) is 0 Å². The zero-order valence-corrected chi connectivity index (χ0v) is 16.7. The molecule has 0 bridgehead atoms. The first-order valence-electron chi connectivity index (χ1n) is 8.10. The number of alkyl halides is 3. The lowest BCUT2D eigenvalue weighted by Gasteiger charge is -2.42. The number of carboxylic acid groups (broad SMARTS) is 1. The van der Waals surface area contributed by atoms with E-state index in [4.69, 9.17) is 9.16 Å². The Labute approximate surface area is 152 Å². The minimum atomic E-state index is -4.80. The van der Waals surface area contributed by atoms with Crippen molar-refractivity contribution in [1.29, 1.82) is 0 Å². The molecule has 0 heterocycles. The van der Waals surface area contributed by atoms with Crippen LogP contribution in [-0.4, -0.2) is 31.5 Å². The van der Waals surface area contributed by atoms with Crippen molar-refractivity contribution in [3.05, 3.63) is 24.3 Å². The average molecular weight is 394 g/mol. The second-order valence-electron chi connectivity index (χ2n) is 7.40. The highest BCUT2D eigenvalue weighted by Crippen LogP contribution is 2.40. The molecule has 1 rings (SSSR count). The minimum Gasteiger partial charge on any atom is -0.476 e. The van der Waals surface area contributed by atoms with Gasteiger partial charge in [0.2, 0.25) is 0 Å². The third-order valence-corrected chi connectivity index (χ3v) is 8.81. The van der Waals surface area contributed by atoms with Gasteiger partial charge in [-0.25, -0.2) is 4.79 Å². The second kappa shape index (κ2) is 7.48. The topological polar surface area (TPSA) is 65.0 Å². The summed E-state index contributed by atoms with van der Waals surface area (Å²) in [6, 6.07) is 4.53. The molecule has 0 aliphatic rings. The van der Waals surface area contributed by atoms with Gasteiger partial charge in [-0.2, -0.15) is 0 Å². The molecule has 1 aromatic carbocycles. The normalized spacial score (nSPS) is 15.3. The number of hydrogen-bond donors (Lipinski definition) is 1. The first kappa shape index (κ1) is 22.3. The van der Waals surface area contributed by atoms with Gasteiger partial charge in [0.05, 0.1) is 0 Å². The molecule has 0 radical (unpaired) electrons. The van der Waals surface area contributed by atoms with E-state index < -0.39 is 32.2 Å². The highest BCUT2D eigenvalue weighted by atomic mass is 28.4. The maximum atomic E-state index is 12.2. The lowest BCUT2D eigenvalue weighted by atomic mass is 10.2. The summed E-state index contributed by atoms with van der Waals surface area (Å²) in [5.74, 6) is -3.56. The molecule has 0 aliphatic heterocycles. The molecule has 0 aliphatic carbocycles. The van der Waals surface area contributed by atoms with Crippen molar-refractivity contribution >= 4 is 14.3 Å². The molecule has 0 spiro atoms. The van der Waals surface area contributed by atoms with E-state index in [-0.39, 0.29) is 17.2 Å². The molecule has 5 nitrogen and oxygen atoms in total. The van der Waals surface area contributed by atoms with E-state index >= 15 is 0 Å². The van der Waals surface area contributed by atoms with Crippen LogP contribution < -0.4 is 9.47 Å². The van der Waals surface area contributed by atoms with Crippen LogP contribution in [0.5, 0.6) is 11.5 Å². The third-order valence-electron chi connectivity index (χ3n) is 4.36. The zero-order chi connectivity index (χ0) is 20.4. The summed E-state index contributed by atoms with van der Waals surface area (Å²) in [6.45, 7) is 11.3. The van der Waals surface area contributed by atoms with Gasteiger partial charge in [0.15, 0.2) is 8.32 Å². The molecule has 26 heavy (non-hydrogen) atoms. The SMILES string of the molecule is CCC(Oc1ccc(OC(F)(F)F)cc1)(O[Si](C)(C)C(C)(C)C)C(=O)O. The van der Waals surface area contributed by atoms with Crippen LogP contribution in [0.2, 0.25) is 18.1 Å². The highest BCUT2D eigenvalue weighted by Gasteiger charge is 2.50. The summed E-state index contributed by atoms with van der Waals surface area (Å²) in [5, 5.41) is 9.47. The number of benzene rings is 1. The molecule has 1 aromatic rings. The lowest BCUT2D eigenvalue weighted by molar-refractivity contribution is -0.274. The Balaban J connectivity index is 3.10. The predicted octanol–water partition coefficient (Wildman–Crippen LogP) is 5.18. The van der Waals surface area contributed by atoms with E-state index in [1.165, 1.54) is 12.1 Å². The Morgan fingerprint density at radius 3 is 1.77 bits per heavy atom. The van der Waals surface area contributed by atoms with Gasteiger partial charge >= 0.3 is 12.3 Å². The quantitative estimate of drug-likeness (QED) is 0.510. The average Bonchev–Trinajstić information content (AvgIpc) is 2.45. The van der Waals surface area contributed by atoms with Crippen molar-refractivity contribution in [1.82, 2.24) is 0 Å². The number of ether oxygens (including phenoxy) is 2. The van der Waals surface area contributed by atoms with Crippen molar-refractivity contribution in [2.75, 3.05) is 0 Å². The second-order valence-corrected chi connectivity index (χ2v) is 12.1. The smallest absolute Gasteiger partial charge is 0.476 e. The molecule has 0 amide bonds. The standard InChI is InChI=1S/C17H25F3O5Si/c1-7-16(14(21)22,25-26(5,6)15(2,3)4)23-12-8-10-13(11-9-12)24-17(18,19)20/h8-11H,7H2,1-6H3,(H,21,22). The Morgan fingerprint density at radius 2 is 1.46 bits per heavy atom. The van der Waals surface area contributed by atoms with E-state index in [0.717, 1.165) is 12.1 Å². The van der Waals surface area contributed by atoms with Gasteiger partial charge in [0.25, 0.3) is 5.79 Å². The van der Waals surface area contributed by atoms with Crippen LogP contribution >= 0.6 is 0 Å². The van der Waals surface area contributed by atoms with Gasteiger partial charge in [-0.05, 0) is 42.4 Å². The van der Waals surface area contributed by atoms with Crippen LogP contribution in [0.25, 0.3) is 0 Å². The van der Waals surface area contributed by atoms with Crippen molar-refractivity contribution in [2.45, 2.75) is 64.4 Å². The molecule has 9 heteroatoms.